The molecule has 6 heteroatoms. The van der Waals surface area contributed by atoms with Crippen LogP contribution in [0.2, 0.25) is 0 Å². The van der Waals surface area contributed by atoms with E-state index in [1.165, 1.54) is 11.6 Å². The third-order valence-electron chi connectivity index (χ3n) is 4.76. The summed E-state index contributed by atoms with van der Waals surface area (Å²) in [6.07, 6.45) is 1.42. The second kappa shape index (κ2) is 8.95. The summed E-state index contributed by atoms with van der Waals surface area (Å²) in [5.41, 5.74) is 1.20. The van der Waals surface area contributed by atoms with Crippen molar-refractivity contribution in [3.05, 3.63) is 59.7 Å². The van der Waals surface area contributed by atoms with Crippen molar-refractivity contribution in [2.24, 2.45) is 5.92 Å². The SMILES string of the molecule is CCOc1cccc(CN2CCC(C(=O)Nc3ccc(F)cc3F)CC2)c1. The van der Waals surface area contributed by atoms with E-state index in [1.54, 1.807) is 0 Å². The van der Waals surface area contributed by atoms with Crippen LogP contribution in [0.1, 0.15) is 25.3 Å². The van der Waals surface area contributed by atoms with Gasteiger partial charge in [0.05, 0.1) is 12.3 Å². The number of likely N-dealkylation sites (tertiary alicyclic amines) is 1. The number of benzene rings is 2. The number of carbonyl (C=O) groups excluding carboxylic acids is 1. The highest BCUT2D eigenvalue weighted by molar-refractivity contribution is 5.92. The molecule has 1 amide bonds. The Morgan fingerprint density at radius 3 is 2.67 bits per heavy atom. The Morgan fingerprint density at radius 2 is 1.96 bits per heavy atom. The summed E-state index contributed by atoms with van der Waals surface area (Å²) in [5.74, 6) is -0.924. The Kier molecular flexibility index (Phi) is 6.40. The van der Waals surface area contributed by atoms with Crippen molar-refractivity contribution in [2.75, 3.05) is 25.0 Å². The Morgan fingerprint density at radius 1 is 1.19 bits per heavy atom. The average molecular weight is 374 g/mol. The van der Waals surface area contributed by atoms with Gasteiger partial charge in [-0.2, -0.15) is 0 Å². The number of nitrogens with one attached hydrogen (secondary N) is 1. The normalized spacial score (nSPS) is 15.5. The topological polar surface area (TPSA) is 41.6 Å². The summed E-state index contributed by atoms with van der Waals surface area (Å²) >= 11 is 0. The molecule has 1 fully saturated rings. The van der Waals surface area contributed by atoms with E-state index < -0.39 is 11.6 Å². The van der Waals surface area contributed by atoms with Gasteiger partial charge in [0.15, 0.2) is 0 Å². The van der Waals surface area contributed by atoms with E-state index in [0.29, 0.717) is 19.4 Å². The number of amides is 1. The summed E-state index contributed by atoms with van der Waals surface area (Å²) in [6, 6.07) is 11.2. The zero-order chi connectivity index (χ0) is 19.2. The molecular formula is C21H24F2N2O2. The maximum Gasteiger partial charge on any atom is 0.227 e. The number of rotatable bonds is 6. The summed E-state index contributed by atoms with van der Waals surface area (Å²) in [5, 5.41) is 2.58. The van der Waals surface area contributed by atoms with E-state index >= 15 is 0 Å². The maximum absolute atomic E-state index is 13.7. The summed E-state index contributed by atoms with van der Waals surface area (Å²) < 4.78 is 32.2. The fraction of sp³-hybridized carbons (Fsp3) is 0.381. The van der Waals surface area contributed by atoms with Crippen LogP contribution < -0.4 is 10.1 Å². The molecular weight excluding hydrogens is 350 g/mol. The van der Waals surface area contributed by atoms with Gasteiger partial charge in [-0.15, -0.1) is 0 Å². The van der Waals surface area contributed by atoms with Gasteiger partial charge in [0, 0.05) is 18.5 Å². The van der Waals surface area contributed by atoms with Crippen molar-refractivity contribution < 1.29 is 18.3 Å². The second-order valence-electron chi connectivity index (χ2n) is 6.74. The van der Waals surface area contributed by atoms with Crippen LogP contribution in [0.3, 0.4) is 0 Å². The maximum atomic E-state index is 13.7. The number of ether oxygens (including phenoxy) is 1. The molecule has 4 nitrogen and oxygen atoms in total. The lowest BCUT2D eigenvalue weighted by molar-refractivity contribution is -0.121. The first kappa shape index (κ1) is 19.3. The minimum Gasteiger partial charge on any atom is -0.494 e. The molecule has 27 heavy (non-hydrogen) atoms. The van der Waals surface area contributed by atoms with E-state index in [0.717, 1.165) is 37.5 Å². The van der Waals surface area contributed by atoms with Crippen LogP contribution in [0.5, 0.6) is 5.75 Å². The molecule has 1 N–H and O–H groups in total. The number of hydrogen-bond acceptors (Lipinski definition) is 3. The van der Waals surface area contributed by atoms with Crippen LogP contribution in [-0.4, -0.2) is 30.5 Å². The largest absolute Gasteiger partial charge is 0.494 e. The zero-order valence-electron chi connectivity index (χ0n) is 15.4. The summed E-state index contributed by atoms with van der Waals surface area (Å²) in [7, 11) is 0. The van der Waals surface area contributed by atoms with E-state index in [2.05, 4.69) is 16.3 Å². The fourth-order valence-electron chi connectivity index (χ4n) is 3.34. The molecule has 0 aliphatic carbocycles. The van der Waals surface area contributed by atoms with Gasteiger partial charge in [0.2, 0.25) is 5.91 Å². The quantitative estimate of drug-likeness (QED) is 0.823. The highest BCUT2D eigenvalue weighted by Gasteiger charge is 2.25. The Hall–Kier alpha value is -2.47. The Labute approximate surface area is 158 Å². The zero-order valence-corrected chi connectivity index (χ0v) is 15.4. The molecule has 0 unspecified atom stereocenters. The van der Waals surface area contributed by atoms with Crippen LogP contribution in [-0.2, 0) is 11.3 Å². The minimum atomic E-state index is -0.755. The van der Waals surface area contributed by atoms with Crippen LogP contribution in [0.15, 0.2) is 42.5 Å². The molecule has 0 spiro atoms. The van der Waals surface area contributed by atoms with E-state index in [-0.39, 0.29) is 17.5 Å². The molecule has 0 atom stereocenters. The monoisotopic (exact) mass is 374 g/mol. The molecule has 1 saturated heterocycles. The molecule has 1 aliphatic rings. The molecule has 0 aromatic heterocycles. The Balaban J connectivity index is 1.51. The van der Waals surface area contributed by atoms with Crippen molar-refractivity contribution in [2.45, 2.75) is 26.3 Å². The van der Waals surface area contributed by atoms with Crippen molar-refractivity contribution in [1.82, 2.24) is 4.90 Å². The van der Waals surface area contributed by atoms with Gasteiger partial charge in [-0.1, -0.05) is 12.1 Å². The van der Waals surface area contributed by atoms with E-state index in [9.17, 15) is 13.6 Å². The number of hydrogen-bond donors (Lipinski definition) is 1. The second-order valence-corrected chi connectivity index (χ2v) is 6.74. The summed E-state index contributed by atoms with van der Waals surface area (Å²) in [4.78, 5) is 14.7. The minimum absolute atomic E-state index is 0.0246. The molecule has 3 rings (SSSR count). The van der Waals surface area contributed by atoms with Gasteiger partial charge in [-0.05, 0) is 62.7 Å². The molecule has 2 aromatic rings. The van der Waals surface area contributed by atoms with Crippen molar-refractivity contribution in [1.29, 1.82) is 0 Å². The average Bonchev–Trinajstić information content (AvgIpc) is 2.65. The van der Waals surface area contributed by atoms with Gasteiger partial charge in [-0.3, -0.25) is 9.69 Å². The predicted octanol–water partition coefficient (Wildman–Crippen LogP) is 4.21. The highest BCUT2D eigenvalue weighted by atomic mass is 19.1. The standard InChI is InChI=1S/C21H24F2N2O2/c1-2-27-18-5-3-4-15(12-18)14-25-10-8-16(9-11-25)21(26)24-20-7-6-17(22)13-19(20)23/h3-7,12-13,16H,2,8-11,14H2,1H3,(H,24,26). The van der Waals surface area contributed by atoms with Crippen LogP contribution in [0, 0.1) is 17.6 Å². The predicted molar refractivity (Wildman–Crippen MR) is 101 cm³/mol. The first-order valence-corrected chi connectivity index (χ1v) is 9.25. The number of anilines is 1. The van der Waals surface area contributed by atoms with Crippen molar-refractivity contribution in [3.8, 4) is 5.75 Å². The van der Waals surface area contributed by atoms with E-state index in [4.69, 9.17) is 4.74 Å². The van der Waals surface area contributed by atoms with Gasteiger partial charge in [0.25, 0.3) is 0 Å². The first-order chi connectivity index (χ1) is 13.0. The van der Waals surface area contributed by atoms with Crippen LogP contribution in [0.25, 0.3) is 0 Å². The molecule has 144 valence electrons. The Bertz CT molecular complexity index is 790. The molecule has 0 saturated carbocycles. The molecule has 0 bridgehead atoms. The van der Waals surface area contributed by atoms with Gasteiger partial charge in [0.1, 0.15) is 17.4 Å². The van der Waals surface area contributed by atoms with Crippen LogP contribution >= 0.6 is 0 Å². The molecule has 2 aromatic carbocycles. The smallest absolute Gasteiger partial charge is 0.227 e. The summed E-state index contributed by atoms with van der Waals surface area (Å²) in [6.45, 7) is 4.99. The van der Waals surface area contributed by atoms with E-state index in [1.807, 2.05) is 25.1 Å². The molecule has 1 aliphatic heterocycles. The number of halogens is 2. The first-order valence-electron chi connectivity index (χ1n) is 9.25. The lowest BCUT2D eigenvalue weighted by Crippen LogP contribution is -2.37. The third kappa shape index (κ3) is 5.26. The number of piperidine rings is 1. The molecule has 1 heterocycles. The van der Waals surface area contributed by atoms with Gasteiger partial charge in [-0.25, -0.2) is 8.78 Å². The highest BCUT2D eigenvalue weighted by Crippen LogP contribution is 2.23. The number of carbonyl (C=O) groups is 1. The van der Waals surface area contributed by atoms with Gasteiger partial charge < -0.3 is 10.1 Å². The lowest BCUT2D eigenvalue weighted by Gasteiger charge is -2.31. The fourth-order valence-corrected chi connectivity index (χ4v) is 3.34. The van der Waals surface area contributed by atoms with Crippen molar-refractivity contribution >= 4 is 11.6 Å². The van der Waals surface area contributed by atoms with Crippen LogP contribution in [0.4, 0.5) is 14.5 Å². The van der Waals surface area contributed by atoms with Crippen molar-refractivity contribution in [3.63, 3.8) is 0 Å². The third-order valence-corrected chi connectivity index (χ3v) is 4.76. The molecule has 0 radical (unpaired) electrons. The lowest BCUT2D eigenvalue weighted by atomic mass is 9.95. The van der Waals surface area contributed by atoms with Gasteiger partial charge >= 0.3 is 0 Å². The number of nitrogens with zero attached hydrogens (tertiary/aromatic N) is 1.